The largest absolute Gasteiger partial charge is 0.508 e. The summed E-state index contributed by atoms with van der Waals surface area (Å²) in [5.41, 5.74) is 1.33. The van der Waals surface area contributed by atoms with Gasteiger partial charge in [-0.15, -0.1) is 0 Å². The van der Waals surface area contributed by atoms with Gasteiger partial charge in [-0.2, -0.15) is 0 Å². The number of aliphatic hydroxyl groups is 7. The quantitative estimate of drug-likeness (QED) is 0.167. The van der Waals surface area contributed by atoms with E-state index in [4.69, 9.17) is 18.9 Å². The highest BCUT2D eigenvalue weighted by Gasteiger charge is 2.51. The molecule has 0 unspecified atom stereocenters. The second-order valence-corrected chi connectivity index (χ2v) is 9.31. The molecule has 13 heteroatoms. The molecule has 0 amide bonds. The Hall–Kier alpha value is -2.82. The van der Waals surface area contributed by atoms with Crippen LogP contribution in [0.3, 0.4) is 0 Å². The van der Waals surface area contributed by atoms with Gasteiger partial charge in [-0.3, -0.25) is 0 Å². The van der Waals surface area contributed by atoms with Crippen LogP contribution in [-0.4, -0.2) is 121 Å². The van der Waals surface area contributed by atoms with E-state index in [0.29, 0.717) is 5.56 Å². The van der Waals surface area contributed by atoms with Crippen molar-refractivity contribution in [2.24, 2.45) is 0 Å². The average Bonchev–Trinajstić information content (AvgIpc) is 2.91. The highest BCUT2D eigenvalue weighted by molar-refractivity contribution is 5.71. The van der Waals surface area contributed by atoms with Crippen LogP contribution in [0.2, 0.25) is 0 Å². The molecule has 0 saturated carbocycles. The number of hydrogen-bond acceptors (Lipinski definition) is 13. The summed E-state index contributed by atoms with van der Waals surface area (Å²) in [6, 6.07) is 10.7. The topological polar surface area (TPSA) is 219 Å². The van der Waals surface area contributed by atoms with Crippen molar-refractivity contribution in [3.8, 4) is 17.2 Å². The molecule has 214 valence electrons. The van der Waals surface area contributed by atoms with Crippen molar-refractivity contribution in [1.82, 2.24) is 0 Å². The number of hydrogen-bond donors (Lipinski definition) is 9. The molecule has 2 fully saturated rings. The predicted octanol–water partition coefficient (Wildman–Crippen LogP) is -1.73. The van der Waals surface area contributed by atoms with Crippen LogP contribution in [0, 0.1) is 0 Å². The summed E-state index contributed by atoms with van der Waals surface area (Å²) in [6.45, 7) is -1.37. The second-order valence-electron chi connectivity index (χ2n) is 9.31. The van der Waals surface area contributed by atoms with Crippen LogP contribution in [0.15, 0.2) is 42.5 Å². The summed E-state index contributed by atoms with van der Waals surface area (Å²) in [4.78, 5) is 0. The monoisotopic (exact) mass is 552 g/mol. The van der Waals surface area contributed by atoms with E-state index < -0.39 is 74.6 Å². The lowest BCUT2D eigenvalue weighted by Gasteiger charge is -2.45. The SMILES string of the molecule is OC[C@H]1O[C@H](O[C@H]2[C@H](O)[C@@H](O)[C@@H](Oc3ccc(/C=C/c4cc(O)cc(O)c4)cc3)O[C@@H]2CO)[C@H](O)[C@@H](O)[C@@H]1O. The number of phenolic OH excluding ortho intramolecular Hbond substituents is 2. The molecular formula is C26H32O13. The summed E-state index contributed by atoms with van der Waals surface area (Å²) in [5.74, 6) is 0.116. The van der Waals surface area contributed by atoms with Crippen molar-refractivity contribution in [3.05, 3.63) is 53.6 Å². The van der Waals surface area contributed by atoms with Crippen LogP contribution in [0.1, 0.15) is 11.1 Å². The van der Waals surface area contributed by atoms with E-state index in [1.165, 1.54) is 18.2 Å². The van der Waals surface area contributed by atoms with Crippen LogP contribution in [-0.2, 0) is 14.2 Å². The summed E-state index contributed by atoms with van der Waals surface area (Å²) in [7, 11) is 0. The van der Waals surface area contributed by atoms with E-state index in [-0.39, 0.29) is 17.2 Å². The predicted molar refractivity (Wildman–Crippen MR) is 132 cm³/mol. The molecule has 39 heavy (non-hydrogen) atoms. The lowest BCUT2D eigenvalue weighted by atomic mass is 9.97. The number of aliphatic hydroxyl groups excluding tert-OH is 7. The number of phenols is 2. The minimum atomic E-state index is -1.76. The highest BCUT2D eigenvalue weighted by Crippen LogP contribution is 2.30. The van der Waals surface area contributed by atoms with Gasteiger partial charge in [0.05, 0.1) is 13.2 Å². The Kier molecular flexibility index (Phi) is 9.40. The van der Waals surface area contributed by atoms with Gasteiger partial charge < -0.3 is 64.9 Å². The van der Waals surface area contributed by atoms with Gasteiger partial charge in [-0.1, -0.05) is 24.3 Å². The molecule has 2 heterocycles. The molecule has 0 aliphatic carbocycles. The number of ether oxygens (including phenoxy) is 4. The highest BCUT2D eigenvalue weighted by atomic mass is 16.7. The Morgan fingerprint density at radius 3 is 1.82 bits per heavy atom. The molecule has 4 rings (SSSR count). The van der Waals surface area contributed by atoms with Crippen molar-refractivity contribution < 1.29 is 64.9 Å². The minimum Gasteiger partial charge on any atom is -0.508 e. The maximum atomic E-state index is 10.7. The van der Waals surface area contributed by atoms with Crippen LogP contribution < -0.4 is 4.74 Å². The zero-order valence-corrected chi connectivity index (χ0v) is 20.5. The standard InChI is InChI=1S/C26H32O13/c27-10-17-19(31)20(32)22(34)26(37-17)39-24-18(11-28)38-25(23(35)21(24)33)36-16-5-3-12(4-6-16)1-2-13-7-14(29)9-15(30)8-13/h1-9,17-35H,10-11H2/b2-1+/t17-,18-,19-,20+,21-,22-,23-,24-,25+,26-/m1/s1. The van der Waals surface area contributed by atoms with Gasteiger partial charge in [0.1, 0.15) is 66.1 Å². The first-order valence-corrected chi connectivity index (χ1v) is 12.2. The normalized spacial score (nSPS) is 35.3. The van der Waals surface area contributed by atoms with Crippen LogP contribution in [0.25, 0.3) is 12.2 Å². The maximum absolute atomic E-state index is 10.7. The molecule has 2 saturated heterocycles. The molecule has 0 spiro atoms. The average molecular weight is 553 g/mol. The van der Waals surface area contributed by atoms with Gasteiger partial charge >= 0.3 is 0 Å². The first kappa shape index (κ1) is 29.2. The minimum absolute atomic E-state index is 0.0753. The lowest BCUT2D eigenvalue weighted by Crippen LogP contribution is -2.65. The van der Waals surface area contributed by atoms with E-state index in [9.17, 15) is 46.0 Å². The summed E-state index contributed by atoms with van der Waals surface area (Å²) in [5, 5.41) is 89.8. The molecule has 13 nitrogen and oxygen atoms in total. The third-order valence-corrected chi connectivity index (χ3v) is 6.49. The molecule has 2 aliphatic heterocycles. The Balaban J connectivity index is 1.40. The Morgan fingerprint density at radius 1 is 0.641 bits per heavy atom. The molecule has 2 aliphatic rings. The van der Waals surface area contributed by atoms with Gasteiger partial charge in [-0.25, -0.2) is 0 Å². The van der Waals surface area contributed by atoms with E-state index in [2.05, 4.69) is 0 Å². The van der Waals surface area contributed by atoms with Crippen LogP contribution >= 0.6 is 0 Å². The van der Waals surface area contributed by atoms with Crippen LogP contribution in [0.5, 0.6) is 17.2 Å². The van der Waals surface area contributed by atoms with E-state index in [1.807, 2.05) is 0 Å². The van der Waals surface area contributed by atoms with Crippen molar-refractivity contribution in [1.29, 1.82) is 0 Å². The van der Waals surface area contributed by atoms with Crippen molar-refractivity contribution in [2.45, 2.75) is 61.4 Å². The van der Waals surface area contributed by atoms with Gasteiger partial charge in [-0.05, 0) is 35.4 Å². The smallest absolute Gasteiger partial charge is 0.229 e. The molecule has 0 radical (unpaired) electrons. The van der Waals surface area contributed by atoms with E-state index in [0.717, 1.165) is 5.56 Å². The third-order valence-electron chi connectivity index (χ3n) is 6.49. The Morgan fingerprint density at radius 2 is 1.21 bits per heavy atom. The fourth-order valence-corrected chi connectivity index (χ4v) is 4.35. The second kappa shape index (κ2) is 12.6. The van der Waals surface area contributed by atoms with E-state index >= 15 is 0 Å². The molecule has 2 aromatic carbocycles. The zero-order valence-electron chi connectivity index (χ0n) is 20.5. The van der Waals surface area contributed by atoms with Crippen molar-refractivity contribution in [3.63, 3.8) is 0 Å². The van der Waals surface area contributed by atoms with Crippen LogP contribution in [0.4, 0.5) is 0 Å². The first-order chi connectivity index (χ1) is 18.6. The Bertz CT molecular complexity index is 1090. The van der Waals surface area contributed by atoms with E-state index in [1.54, 1.807) is 36.4 Å². The molecule has 10 atom stereocenters. The molecule has 0 aromatic heterocycles. The third kappa shape index (κ3) is 6.67. The van der Waals surface area contributed by atoms with Gasteiger partial charge in [0.2, 0.25) is 6.29 Å². The molecular weight excluding hydrogens is 520 g/mol. The number of rotatable bonds is 8. The summed E-state index contributed by atoms with van der Waals surface area (Å²) in [6.07, 6.45) is -12.0. The van der Waals surface area contributed by atoms with Gasteiger partial charge in [0.15, 0.2) is 6.29 Å². The molecule has 9 N–H and O–H groups in total. The fourth-order valence-electron chi connectivity index (χ4n) is 4.35. The number of benzene rings is 2. The zero-order chi connectivity index (χ0) is 28.3. The fraction of sp³-hybridized carbons (Fsp3) is 0.462. The molecule has 0 bridgehead atoms. The van der Waals surface area contributed by atoms with Gasteiger partial charge in [0, 0.05) is 6.07 Å². The Labute approximate surface area is 222 Å². The maximum Gasteiger partial charge on any atom is 0.229 e. The summed E-state index contributed by atoms with van der Waals surface area (Å²) < 4.78 is 22.1. The van der Waals surface area contributed by atoms with Crippen molar-refractivity contribution in [2.75, 3.05) is 13.2 Å². The summed E-state index contributed by atoms with van der Waals surface area (Å²) >= 11 is 0. The number of aromatic hydroxyl groups is 2. The molecule has 2 aromatic rings. The lowest BCUT2D eigenvalue weighted by molar-refractivity contribution is -0.352. The van der Waals surface area contributed by atoms with Crippen molar-refractivity contribution >= 4 is 12.2 Å². The van der Waals surface area contributed by atoms with Gasteiger partial charge in [0.25, 0.3) is 0 Å². The first-order valence-electron chi connectivity index (χ1n) is 12.2.